The first-order chi connectivity index (χ1) is 15.8. The minimum Gasteiger partial charge on any atom is -0.346 e. The second-order valence-electron chi connectivity index (χ2n) is 7.85. The molecule has 0 saturated carbocycles. The van der Waals surface area contributed by atoms with Crippen molar-refractivity contribution in [2.24, 2.45) is 0 Å². The number of nitrogens with one attached hydrogen (secondary N) is 2. The predicted molar refractivity (Wildman–Crippen MR) is 125 cm³/mol. The number of fused-ring (bicyclic) bond motifs is 1. The molecule has 0 aliphatic carbocycles. The highest BCUT2D eigenvalue weighted by atomic mass is 35.5. The van der Waals surface area contributed by atoms with E-state index in [4.69, 9.17) is 16.1 Å². The van der Waals surface area contributed by atoms with Gasteiger partial charge in [-0.15, -0.1) is 0 Å². The summed E-state index contributed by atoms with van der Waals surface area (Å²) in [5.41, 5.74) is 3.53. The second kappa shape index (κ2) is 9.38. The van der Waals surface area contributed by atoms with Gasteiger partial charge in [0.25, 0.3) is 17.5 Å². The number of hydrogen-bond donors (Lipinski definition) is 2. The van der Waals surface area contributed by atoms with Crippen molar-refractivity contribution in [3.63, 3.8) is 0 Å². The number of nitrogens with zero attached hydrogens (tertiary/aromatic N) is 3. The summed E-state index contributed by atoms with van der Waals surface area (Å²) >= 11 is 6.34. The summed E-state index contributed by atoms with van der Waals surface area (Å²) < 4.78 is 5.29. The summed E-state index contributed by atoms with van der Waals surface area (Å²) in [4.78, 5) is 34.2. The van der Waals surface area contributed by atoms with Crippen molar-refractivity contribution in [3.05, 3.63) is 81.9 Å². The number of aryl methyl sites for hydroxylation is 1. The van der Waals surface area contributed by atoms with E-state index in [-0.39, 0.29) is 29.3 Å². The topological polar surface area (TPSA) is 110 Å². The average Bonchev–Trinajstić information content (AvgIpc) is 3.18. The number of aromatic nitrogens is 3. The third-order valence-corrected chi connectivity index (χ3v) is 5.41. The minimum atomic E-state index is -0.348. The van der Waals surface area contributed by atoms with Crippen molar-refractivity contribution in [1.29, 1.82) is 0 Å². The Kier molecular flexibility index (Phi) is 6.37. The molecule has 4 rings (SSSR count). The quantitative estimate of drug-likeness (QED) is 0.421. The molecule has 2 N–H and O–H groups in total. The van der Waals surface area contributed by atoms with E-state index in [0.29, 0.717) is 33.6 Å². The first-order valence-corrected chi connectivity index (χ1v) is 10.8. The molecule has 8 nitrogen and oxygen atoms in total. The highest BCUT2D eigenvalue weighted by Crippen LogP contribution is 2.27. The zero-order valence-corrected chi connectivity index (χ0v) is 19.1. The van der Waals surface area contributed by atoms with Crippen molar-refractivity contribution in [2.75, 3.05) is 5.32 Å². The molecule has 1 aromatic carbocycles. The van der Waals surface area contributed by atoms with Crippen LogP contribution in [0.3, 0.4) is 0 Å². The first-order valence-electron chi connectivity index (χ1n) is 10.4. The molecule has 0 aliphatic rings. The monoisotopic (exact) mass is 463 g/mol. The van der Waals surface area contributed by atoms with Gasteiger partial charge in [0, 0.05) is 17.6 Å². The van der Waals surface area contributed by atoms with Crippen LogP contribution in [0, 0.1) is 6.92 Å². The summed E-state index contributed by atoms with van der Waals surface area (Å²) in [5, 5.41) is 10.3. The Morgan fingerprint density at radius 3 is 2.61 bits per heavy atom. The molecule has 0 unspecified atom stereocenters. The fraction of sp³-hybridized carbons (Fsp3) is 0.208. The lowest BCUT2D eigenvalue weighted by atomic mass is 10.0. The highest BCUT2D eigenvalue weighted by molar-refractivity contribution is 6.34. The van der Waals surface area contributed by atoms with Gasteiger partial charge in [-0.3, -0.25) is 14.6 Å². The number of benzene rings is 1. The summed E-state index contributed by atoms with van der Waals surface area (Å²) in [7, 11) is 0. The van der Waals surface area contributed by atoms with Gasteiger partial charge in [0.05, 0.1) is 39.5 Å². The Bertz CT molecular complexity index is 1330. The number of amides is 2. The Hall–Kier alpha value is -3.78. The van der Waals surface area contributed by atoms with Gasteiger partial charge in [0.15, 0.2) is 0 Å². The van der Waals surface area contributed by atoms with Gasteiger partial charge in [-0.25, -0.2) is 4.98 Å². The molecule has 0 fully saturated rings. The summed E-state index contributed by atoms with van der Waals surface area (Å²) in [6.45, 7) is 6.00. The van der Waals surface area contributed by atoms with Crippen LogP contribution in [0.5, 0.6) is 0 Å². The minimum absolute atomic E-state index is 0.102. The molecule has 0 aliphatic heterocycles. The van der Waals surface area contributed by atoms with Gasteiger partial charge in [-0.2, -0.15) is 0 Å². The van der Waals surface area contributed by atoms with Crippen LogP contribution in [-0.2, 0) is 6.54 Å². The van der Waals surface area contributed by atoms with E-state index < -0.39 is 0 Å². The van der Waals surface area contributed by atoms with Gasteiger partial charge < -0.3 is 15.2 Å². The van der Waals surface area contributed by atoms with Crippen molar-refractivity contribution in [2.45, 2.75) is 33.2 Å². The number of hydrogen-bond acceptors (Lipinski definition) is 6. The van der Waals surface area contributed by atoms with Crippen LogP contribution in [-0.4, -0.2) is 26.9 Å². The van der Waals surface area contributed by atoms with Crippen LogP contribution in [0.2, 0.25) is 5.02 Å². The van der Waals surface area contributed by atoms with E-state index in [1.165, 1.54) is 6.07 Å². The fourth-order valence-corrected chi connectivity index (χ4v) is 3.60. The second-order valence-corrected chi connectivity index (χ2v) is 8.26. The molecule has 9 heteroatoms. The van der Waals surface area contributed by atoms with Crippen molar-refractivity contribution >= 4 is 40.2 Å². The third-order valence-electron chi connectivity index (χ3n) is 5.10. The smallest absolute Gasteiger partial charge is 0.259 e. The Labute approximate surface area is 195 Å². The summed E-state index contributed by atoms with van der Waals surface area (Å²) in [5.74, 6) is -0.579. The average molecular weight is 464 g/mol. The standard InChI is InChI=1S/C24H22ClN5O3/c1-13(2)20-11-18(21-14(3)30-33-24(21)29-20)23(32)28-15-7-8-17(19(25)10-15)22(31)27-12-16-6-4-5-9-26-16/h4-11,13H,12H2,1-3H3,(H,27,31)(H,28,32). The third kappa shape index (κ3) is 4.85. The van der Waals surface area contributed by atoms with E-state index >= 15 is 0 Å². The maximum Gasteiger partial charge on any atom is 0.259 e. The zero-order chi connectivity index (χ0) is 23.5. The Balaban J connectivity index is 1.53. The molecule has 0 spiro atoms. The van der Waals surface area contributed by atoms with Crippen molar-refractivity contribution < 1.29 is 14.1 Å². The van der Waals surface area contributed by atoms with Gasteiger partial charge in [0.2, 0.25) is 0 Å². The number of rotatable bonds is 6. The van der Waals surface area contributed by atoms with Gasteiger partial charge in [-0.1, -0.05) is 36.7 Å². The Morgan fingerprint density at radius 2 is 1.91 bits per heavy atom. The van der Waals surface area contributed by atoms with E-state index in [9.17, 15) is 9.59 Å². The molecule has 0 atom stereocenters. The van der Waals surface area contributed by atoms with Gasteiger partial charge in [-0.05, 0) is 49.2 Å². The SMILES string of the molecule is Cc1noc2nc(C(C)C)cc(C(=O)Nc3ccc(C(=O)NCc4ccccn4)c(Cl)c3)c12. The molecule has 3 aromatic heterocycles. The largest absolute Gasteiger partial charge is 0.346 e. The van der Waals surface area contributed by atoms with Crippen molar-refractivity contribution in [3.8, 4) is 0 Å². The maximum absolute atomic E-state index is 13.1. The number of halogens is 1. The molecule has 0 radical (unpaired) electrons. The Morgan fingerprint density at radius 1 is 1.09 bits per heavy atom. The molecule has 0 saturated heterocycles. The van der Waals surface area contributed by atoms with E-state index in [2.05, 4.69) is 25.8 Å². The lowest BCUT2D eigenvalue weighted by Crippen LogP contribution is -2.23. The first kappa shape index (κ1) is 22.4. The number of pyridine rings is 2. The highest BCUT2D eigenvalue weighted by Gasteiger charge is 2.20. The van der Waals surface area contributed by atoms with E-state index in [1.54, 1.807) is 37.4 Å². The van der Waals surface area contributed by atoms with Gasteiger partial charge >= 0.3 is 0 Å². The number of carbonyl (C=O) groups excluding carboxylic acids is 2. The predicted octanol–water partition coefficient (Wildman–Crippen LogP) is 4.89. The van der Waals surface area contributed by atoms with Crippen molar-refractivity contribution in [1.82, 2.24) is 20.4 Å². The van der Waals surface area contributed by atoms with Crippen LogP contribution in [0.25, 0.3) is 11.1 Å². The maximum atomic E-state index is 13.1. The van der Waals surface area contributed by atoms with Gasteiger partial charge in [0.1, 0.15) is 0 Å². The molecular weight excluding hydrogens is 442 g/mol. The van der Waals surface area contributed by atoms with Crippen LogP contribution in [0.1, 0.15) is 57.6 Å². The molecule has 33 heavy (non-hydrogen) atoms. The van der Waals surface area contributed by atoms with Crippen LogP contribution < -0.4 is 10.6 Å². The number of anilines is 1. The summed E-state index contributed by atoms with van der Waals surface area (Å²) in [6.07, 6.45) is 1.66. The van der Waals surface area contributed by atoms with E-state index in [0.717, 1.165) is 11.4 Å². The summed E-state index contributed by atoms with van der Waals surface area (Å²) in [6, 6.07) is 11.9. The molecular formula is C24H22ClN5O3. The molecule has 2 amide bonds. The normalized spacial score (nSPS) is 11.1. The molecule has 3 heterocycles. The lowest BCUT2D eigenvalue weighted by molar-refractivity contribution is 0.0950. The zero-order valence-electron chi connectivity index (χ0n) is 18.3. The van der Waals surface area contributed by atoms with E-state index in [1.807, 2.05) is 26.0 Å². The molecule has 0 bridgehead atoms. The molecule has 168 valence electrons. The fourth-order valence-electron chi connectivity index (χ4n) is 3.33. The van der Waals surface area contributed by atoms with Crippen LogP contribution in [0.4, 0.5) is 5.69 Å². The lowest BCUT2D eigenvalue weighted by Gasteiger charge is -2.11. The number of carbonyl (C=O) groups is 2. The van der Waals surface area contributed by atoms with Crippen LogP contribution >= 0.6 is 11.6 Å². The molecule has 4 aromatic rings. The van der Waals surface area contributed by atoms with Crippen LogP contribution in [0.15, 0.2) is 53.2 Å².